The van der Waals surface area contributed by atoms with Gasteiger partial charge in [0.25, 0.3) is 15.9 Å². The van der Waals surface area contributed by atoms with E-state index in [0.29, 0.717) is 29.4 Å². The molecule has 0 bridgehead atoms. The zero-order valence-electron chi connectivity index (χ0n) is 12.9. The number of carboxylic acid groups (broad SMARTS) is 1. The molecule has 9 nitrogen and oxygen atoms in total. The number of carbonyl (C=O) groups excluding carboxylic acids is 1. The number of carbonyl (C=O) groups is 2. The van der Waals surface area contributed by atoms with E-state index in [4.69, 9.17) is 5.11 Å². The Kier molecular flexibility index (Phi) is 4.68. The Balaban J connectivity index is 1.56. The number of rotatable bonds is 5. The van der Waals surface area contributed by atoms with Gasteiger partial charge < -0.3 is 15.3 Å². The summed E-state index contributed by atoms with van der Waals surface area (Å²) >= 11 is 1.23. The maximum Gasteiger partial charge on any atom is 0.355 e. The molecule has 2 N–H and O–H groups in total. The Morgan fingerprint density at radius 1 is 1.36 bits per heavy atom. The van der Waals surface area contributed by atoms with Crippen LogP contribution in [0.1, 0.15) is 15.5 Å². The third-order valence-corrected chi connectivity index (χ3v) is 5.55. The van der Waals surface area contributed by atoms with E-state index in [1.54, 1.807) is 11.1 Å². The Hall–Kier alpha value is -2.53. The Labute approximate surface area is 147 Å². The van der Waals surface area contributed by atoms with Gasteiger partial charge in [-0.05, 0) is 12.2 Å². The summed E-state index contributed by atoms with van der Waals surface area (Å²) in [7, 11) is -3.42. The number of amides is 1. The van der Waals surface area contributed by atoms with Crippen molar-refractivity contribution in [2.45, 2.75) is 6.42 Å². The molecule has 3 heterocycles. The first-order valence-corrected chi connectivity index (χ1v) is 9.78. The van der Waals surface area contributed by atoms with Crippen molar-refractivity contribution in [1.82, 2.24) is 15.2 Å². The van der Waals surface area contributed by atoms with Crippen molar-refractivity contribution < 1.29 is 23.1 Å². The molecule has 1 amide bonds. The lowest BCUT2D eigenvalue weighted by atomic mass is 10.2. The molecule has 0 saturated carbocycles. The zero-order valence-corrected chi connectivity index (χ0v) is 14.5. The molecule has 1 aromatic rings. The number of thiazole rings is 1. The molecule has 132 valence electrons. The smallest absolute Gasteiger partial charge is 0.355 e. The van der Waals surface area contributed by atoms with Gasteiger partial charge in [-0.1, -0.05) is 0 Å². The average Bonchev–Trinajstić information content (AvgIpc) is 3.02. The highest BCUT2D eigenvalue weighted by Crippen LogP contribution is 2.16. The van der Waals surface area contributed by atoms with Gasteiger partial charge in [0.2, 0.25) is 0 Å². The first-order chi connectivity index (χ1) is 11.8. The summed E-state index contributed by atoms with van der Waals surface area (Å²) < 4.78 is 26.5. The maximum absolute atomic E-state index is 12.2. The van der Waals surface area contributed by atoms with E-state index in [2.05, 4.69) is 14.7 Å². The molecule has 0 aromatic carbocycles. The van der Waals surface area contributed by atoms with Gasteiger partial charge in [-0.15, -0.1) is 15.7 Å². The lowest BCUT2D eigenvalue weighted by Crippen LogP contribution is -2.38. The number of hydrogen-bond donors (Lipinski definition) is 2. The molecular weight excluding hydrogens is 368 g/mol. The fourth-order valence-electron chi connectivity index (χ4n) is 2.24. The second-order valence-electron chi connectivity index (χ2n) is 5.28. The number of nitrogens with zero attached hydrogens (tertiary/aromatic N) is 3. The normalized spacial score (nSPS) is 18.2. The van der Waals surface area contributed by atoms with E-state index in [-0.39, 0.29) is 23.9 Å². The molecule has 0 radical (unpaired) electrons. The largest absolute Gasteiger partial charge is 0.476 e. The van der Waals surface area contributed by atoms with E-state index >= 15 is 0 Å². The highest BCUT2D eigenvalue weighted by atomic mass is 32.2. The summed E-state index contributed by atoms with van der Waals surface area (Å²) in [6, 6.07) is 0. The van der Waals surface area contributed by atoms with E-state index in [1.165, 1.54) is 28.9 Å². The van der Waals surface area contributed by atoms with Crippen molar-refractivity contribution in [3.05, 3.63) is 40.0 Å². The standard InChI is InChI=1S/C14H14N4O5S2/c19-13(15-4-3-12-16-10(8-24-12)14(20)21)9-1-2-11-17-25(22,23)6-5-18(11)7-9/h1-2,7-8H,3-6H2,(H,15,19)(H,20,21). The van der Waals surface area contributed by atoms with Gasteiger partial charge in [-0.25, -0.2) is 18.2 Å². The quantitative estimate of drug-likeness (QED) is 0.733. The van der Waals surface area contributed by atoms with Gasteiger partial charge in [0.05, 0.1) is 16.3 Å². The van der Waals surface area contributed by atoms with Crippen LogP contribution in [0.15, 0.2) is 33.7 Å². The van der Waals surface area contributed by atoms with Crippen LogP contribution in [0, 0.1) is 0 Å². The van der Waals surface area contributed by atoms with Crippen LogP contribution in [-0.2, 0) is 21.2 Å². The molecule has 0 aliphatic carbocycles. The Bertz CT molecular complexity index is 913. The number of sulfonamides is 1. The Morgan fingerprint density at radius 3 is 2.88 bits per heavy atom. The molecule has 2 aliphatic rings. The molecule has 0 saturated heterocycles. The van der Waals surface area contributed by atoms with Crippen LogP contribution in [0.3, 0.4) is 0 Å². The van der Waals surface area contributed by atoms with E-state index in [9.17, 15) is 18.0 Å². The highest BCUT2D eigenvalue weighted by molar-refractivity contribution is 7.90. The van der Waals surface area contributed by atoms with Gasteiger partial charge in [-0.3, -0.25) is 4.79 Å². The average molecular weight is 382 g/mol. The van der Waals surface area contributed by atoms with Gasteiger partial charge in [0, 0.05) is 31.1 Å². The van der Waals surface area contributed by atoms with Crippen LogP contribution in [0.5, 0.6) is 0 Å². The lowest BCUT2D eigenvalue weighted by molar-refractivity contribution is -0.117. The predicted molar refractivity (Wildman–Crippen MR) is 90.9 cm³/mol. The fourth-order valence-corrected chi connectivity index (χ4v) is 3.99. The number of aromatic carboxylic acids is 1. The monoisotopic (exact) mass is 382 g/mol. The lowest BCUT2D eigenvalue weighted by Gasteiger charge is -2.26. The molecule has 11 heteroatoms. The van der Waals surface area contributed by atoms with E-state index in [1.807, 2.05) is 0 Å². The van der Waals surface area contributed by atoms with E-state index in [0.717, 1.165) is 0 Å². The molecule has 0 spiro atoms. The number of carboxylic acids is 1. The molecule has 25 heavy (non-hydrogen) atoms. The van der Waals surface area contributed by atoms with Crippen molar-refractivity contribution in [3.8, 4) is 0 Å². The molecule has 0 fully saturated rings. The SMILES string of the molecule is O=C(NCCc1nc(C(=O)O)cs1)C1=CN2CCS(=O)(=O)N=C2C=C1. The zero-order chi connectivity index (χ0) is 18.0. The highest BCUT2D eigenvalue weighted by Gasteiger charge is 2.24. The van der Waals surface area contributed by atoms with Crippen LogP contribution < -0.4 is 5.32 Å². The number of hydrogen-bond acceptors (Lipinski definition) is 7. The van der Waals surface area contributed by atoms with Gasteiger partial charge in [0.1, 0.15) is 5.84 Å². The predicted octanol–water partition coefficient (Wildman–Crippen LogP) is -0.00240. The number of fused-ring (bicyclic) bond motifs is 1. The van der Waals surface area contributed by atoms with Crippen molar-refractivity contribution in [1.29, 1.82) is 0 Å². The van der Waals surface area contributed by atoms with Gasteiger partial charge in [-0.2, -0.15) is 0 Å². The first-order valence-electron chi connectivity index (χ1n) is 7.29. The maximum atomic E-state index is 12.2. The second kappa shape index (κ2) is 6.76. The number of aromatic nitrogens is 1. The first kappa shape index (κ1) is 17.3. The van der Waals surface area contributed by atoms with Crippen LogP contribution >= 0.6 is 11.3 Å². The summed E-state index contributed by atoms with van der Waals surface area (Å²) in [5.41, 5.74) is 0.389. The summed E-state index contributed by atoms with van der Waals surface area (Å²) in [6.45, 7) is 0.561. The molecule has 1 aromatic heterocycles. The molecule has 0 atom stereocenters. The van der Waals surface area contributed by atoms with Crippen molar-refractivity contribution in [2.24, 2.45) is 4.40 Å². The minimum Gasteiger partial charge on any atom is -0.476 e. The van der Waals surface area contributed by atoms with Gasteiger partial charge >= 0.3 is 5.97 Å². The molecular formula is C14H14N4O5S2. The Morgan fingerprint density at radius 2 is 2.16 bits per heavy atom. The number of amidine groups is 1. The van der Waals surface area contributed by atoms with E-state index < -0.39 is 16.0 Å². The van der Waals surface area contributed by atoms with Crippen LogP contribution in [0.2, 0.25) is 0 Å². The third-order valence-electron chi connectivity index (χ3n) is 3.48. The van der Waals surface area contributed by atoms with Gasteiger partial charge in [0.15, 0.2) is 5.69 Å². The van der Waals surface area contributed by atoms with Crippen LogP contribution in [0.4, 0.5) is 0 Å². The summed E-state index contributed by atoms with van der Waals surface area (Å²) in [5, 5.41) is 13.6. The summed E-state index contributed by atoms with van der Waals surface area (Å²) in [5.74, 6) is -1.18. The van der Waals surface area contributed by atoms with Crippen molar-refractivity contribution >= 4 is 39.1 Å². The second-order valence-corrected chi connectivity index (χ2v) is 7.98. The molecule has 2 aliphatic heterocycles. The minimum atomic E-state index is -3.42. The molecule has 0 unspecified atom stereocenters. The molecule has 3 rings (SSSR count). The number of nitrogens with one attached hydrogen (secondary N) is 1. The summed E-state index contributed by atoms with van der Waals surface area (Å²) in [6.07, 6.45) is 4.99. The van der Waals surface area contributed by atoms with Crippen LogP contribution in [0.25, 0.3) is 0 Å². The van der Waals surface area contributed by atoms with Crippen molar-refractivity contribution in [3.63, 3.8) is 0 Å². The minimum absolute atomic E-state index is 0.00360. The van der Waals surface area contributed by atoms with Crippen molar-refractivity contribution in [2.75, 3.05) is 18.8 Å². The van der Waals surface area contributed by atoms with Crippen LogP contribution in [-0.4, -0.2) is 60.0 Å². The topological polar surface area (TPSA) is 129 Å². The summed E-state index contributed by atoms with van der Waals surface area (Å²) in [4.78, 5) is 28.5. The third kappa shape index (κ3) is 4.12. The fraction of sp³-hybridized carbons (Fsp3) is 0.286.